The molecule has 2 aromatic rings. The van der Waals surface area contributed by atoms with E-state index < -0.39 is 5.92 Å². The standard InChI is InChI=1S/C21H21BrClN3O3/c22-15-4-5-19(25-6-8-29-9-7-25)18(11-15)24-21(28)14-10-20(27)26(13-14)17-3-1-2-16(23)12-17/h1-5,11-12,14H,6-10,13H2,(H,24,28). The maximum atomic E-state index is 13.0. The van der Waals surface area contributed by atoms with E-state index in [4.69, 9.17) is 16.3 Å². The zero-order valence-electron chi connectivity index (χ0n) is 15.7. The quantitative estimate of drug-likeness (QED) is 0.723. The van der Waals surface area contributed by atoms with E-state index in [1.807, 2.05) is 24.3 Å². The van der Waals surface area contributed by atoms with Crippen molar-refractivity contribution < 1.29 is 14.3 Å². The number of amides is 2. The number of ether oxygens (including phenoxy) is 1. The lowest BCUT2D eigenvalue weighted by Crippen LogP contribution is -2.37. The molecule has 0 spiro atoms. The van der Waals surface area contributed by atoms with Crippen molar-refractivity contribution in [3.8, 4) is 0 Å². The Kier molecular flexibility index (Phi) is 6.08. The molecule has 6 nitrogen and oxygen atoms in total. The number of carbonyl (C=O) groups is 2. The third-order valence-corrected chi connectivity index (χ3v) is 5.91. The van der Waals surface area contributed by atoms with E-state index in [0.717, 1.165) is 28.9 Å². The number of rotatable bonds is 4. The van der Waals surface area contributed by atoms with Crippen LogP contribution in [0, 0.1) is 5.92 Å². The van der Waals surface area contributed by atoms with Crippen molar-refractivity contribution in [2.24, 2.45) is 5.92 Å². The fraction of sp³-hybridized carbons (Fsp3) is 0.333. The SMILES string of the molecule is O=C(Nc1cc(Br)ccc1N1CCOCC1)C1CC(=O)N(c2cccc(Cl)c2)C1. The zero-order valence-corrected chi connectivity index (χ0v) is 18.1. The minimum Gasteiger partial charge on any atom is -0.378 e. The second-order valence-electron chi connectivity index (χ2n) is 7.14. The minimum absolute atomic E-state index is 0.0740. The van der Waals surface area contributed by atoms with E-state index in [0.29, 0.717) is 30.5 Å². The molecule has 2 amide bonds. The highest BCUT2D eigenvalue weighted by Gasteiger charge is 2.35. The molecule has 2 saturated heterocycles. The molecule has 0 radical (unpaired) electrons. The maximum absolute atomic E-state index is 13.0. The van der Waals surface area contributed by atoms with Crippen LogP contribution < -0.4 is 15.1 Å². The Morgan fingerprint density at radius 3 is 2.72 bits per heavy atom. The zero-order chi connectivity index (χ0) is 20.4. The number of anilines is 3. The first-order valence-corrected chi connectivity index (χ1v) is 10.7. The van der Waals surface area contributed by atoms with Gasteiger partial charge in [0.05, 0.1) is 30.5 Å². The van der Waals surface area contributed by atoms with Gasteiger partial charge in [0, 0.05) is 41.2 Å². The molecule has 2 aromatic carbocycles. The van der Waals surface area contributed by atoms with E-state index in [9.17, 15) is 9.59 Å². The van der Waals surface area contributed by atoms with Crippen LogP contribution >= 0.6 is 27.5 Å². The van der Waals surface area contributed by atoms with Crippen molar-refractivity contribution in [1.82, 2.24) is 0 Å². The summed E-state index contributed by atoms with van der Waals surface area (Å²) in [6.07, 6.45) is 0.180. The van der Waals surface area contributed by atoms with Crippen molar-refractivity contribution >= 4 is 56.4 Å². The Bertz CT molecular complexity index is 933. The van der Waals surface area contributed by atoms with Gasteiger partial charge in [-0.15, -0.1) is 0 Å². The number of carbonyl (C=O) groups excluding carboxylic acids is 2. The summed E-state index contributed by atoms with van der Waals surface area (Å²) in [5.41, 5.74) is 2.41. The number of nitrogens with one attached hydrogen (secondary N) is 1. The van der Waals surface area contributed by atoms with Gasteiger partial charge in [-0.3, -0.25) is 9.59 Å². The van der Waals surface area contributed by atoms with Crippen LogP contribution in [-0.2, 0) is 14.3 Å². The third kappa shape index (κ3) is 4.57. The first-order chi connectivity index (χ1) is 14.0. The molecule has 0 aromatic heterocycles. The molecule has 8 heteroatoms. The molecule has 2 fully saturated rings. The number of halogens is 2. The summed E-state index contributed by atoms with van der Waals surface area (Å²) in [7, 11) is 0. The predicted molar refractivity (Wildman–Crippen MR) is 118 cm³/mol. The molecule has 29 heavy (non-hydrogen) atoms. The normalized spacial score (nSPS) is 19.5. The molecule has 0 saturated carbocycles. The molecule has 1 N–H and O–H groups in total. The summed E-state index contributed by atoms with van der Waals surface area (Å²) in [6.45, 7) is 3.21. The van der Waals surface area contributed by atoms with Crippen LogP contribution in [0.15, 0.2) is 46.9 Å². The highest BCUT2D eigenvalue weighted by Crippen LogP contribution is 2.32. The molecule has 2 heterocycles. The van der Waals surface area contributed by atoms with Gasteiger partial charge in [-0.05, 0) is 36.4 Å². The topological polar surface area (TPSA) is 61.9 Å². The van der Waals surface area contributed by atoms with Crippen molar-refractivity contribution in [2.45, 2.75) is 6.42 Å². The lowest BCUT2D eigenvalue weighted by Gasteiger charge is -2.30. The molecule has 1 atom stereocenters. The first kappa shape index (κ1) is 20.2. The largest absolute Gasteiger partial charge is 0.378 e. The Labute approximate surface area is 182 Å². The number of benzene rings is 2. The smallest absolute Gasteiger partial charge is 0.229 e. The van der Waals surface area contributed by atoms with Crippen LogP contribution in [0.5, 0.6) is 0 Å². The molecule has 0 bridgehead atoms. The van der Waals surface area contributed by atoms with Crippen LogP contribution in [0.1, 0.15) is 6.42 Å². The molecular weight excluding hydrogens is 458 g/mol. The summed E-state index contributed by atoms with van der Waals surface area (Å²) >= 11 is 9.53. The Morgan fingerprint density at radius 1 is 1.17 bits per heavy atom. The van der Waals surface area contributed by atoms with Crippen LogP contribution in [0.4, 0.5) is 17.1 Å². The Hall–Kier alpha value is -2.09. The minimum atomic E-state index is -0.419. The van der Waals surface area contributed by atoms with Crippen molar-refractivity contribution in [3.05, 3.63) is 52.0 Å². The van der Waals surface area contributed by atoms with Gasteiger partial charge in [-0.1, -0.05) is 33.6 Å². The molecule has 0 aliphatic carbocycles. The van der Waals surface area contributed by atoms with Gasteiger partial charge in [0.15, 0.2) is 0 Å². The average molecular weight is 479 g/mol. The van der Waals surface area contributed by atoms with Gasteiger partial charge in [0.2, 0.25) is 11.8 Å². The maximum Gasteiger partial charge on any atom is 0.229 e. The second-order valence-corrected chi connectivity index (χ2v) is 8.49. The fourth-order valence-corrected chi connectivity index (χ4v) is 4.25. The summed E-state index contributed by atoms with van der Waals surface area (Å²) in [6, 6.07) is 13.0. The Balaban J connectivity index is 1.50. The lowest BCUT2D eigenvalue weighted by molar-refractivity contribution is -0.122. The van der Waals surface area contributed by atoms with Gasteiger partial charge < -0.3 is 19.9 Å². The van der Waals surface area contributed by atoms with Gasteiger partial charge in [0.1, 0.15) is 0 Å². The van der Waals surface area contributed by atoms with E-state index in [1.165, 1.54) is 0 Å². The fourth-order valence-electron chi connectivity index (χ4n) is 3.70. The monoisotopic (exact) mass is 477 g/mol. The lowest BCUT2D eigenvalue weighted by atomic mass is 10.1. The number of nitrogens with zero attached hydrogens (tertiary/aromatic N) is 2. The Morgan fingerprint density at radius 2 is 1.97 bits per heavy atom. The van der Waals surface area contributed by atoms with E-state index >= 15 is 0 Å². The average Bonchev–Trinajstić information content (AvgIpc) is 3.11. The van der Waals surface area contributed by atoms with Crippen molar-refractivity contribution in [1.29, 1.82) is 0 Å². The van der Waals surface area contributed by atoms with Gasteiger partial charge in [0.25, 0.3) is 0 Å². The molecule has 1 unspecified atom stereocenters. The van der Waals surface area contributed by atoms with Crippen LogP contribution in [0.3, 0.4) is 0 Å². The van der Waals surface area contributed by atoms with Crippen molar-refractivity contribution in [2.75, 3.05) is 48.0 Å². The van der Waals surface area contributed by atoms with Gasteiger partial charge >= 0.3 is 0 Å². The summed E-state index contributed by atoms with van der Waals surface area (Å²) in [5, 5.41) is 3.60. The molecule has 152 valence electrons. The number of hydrogen-bond donors (Lipinski definition) is 1. The summed E-state index contributed by atoms with van der Waals surface area (Å²) in [4.78, 5) is 29.3. The van der Waals surface area contributed by atoms with E-state index in [1.54, 1.807) is 23.1 Å². The van der Waals surface area contributed by atoms with E-state index in [2.05, 4.69) is 26.1 Å². The summed E-state index contributed by atoms with van der Waals surface area (Å²) in [5.74, 6) is -0.649. The van der Waals surface area contributed by atoms with Gasteiger partial charge in [-0.25, -0.2) is 0 Å². The second kappa shape index (κ2) is 8.73. The molecule has 2 aliphatic rings. The number of morpholine rings is 1. The molecule has 2 aliphatic heterocycles. The van der Waals surface area contributed by atoms with E-state index in [-0.39, 0.29) is 18.2 Å². The number of hydrogen-bond acceptors (Lipinski definition) is 4. The highest BCUT2D eigenvalue weighted by atomic mass is 79.9. The summed E-state index contributed by atoms with van der Waals surface area (Å²) < 4.78 is 6.31. The molecule has 4 rings (SSSR count). The molecular formula is C21H21BrClN3O3. The predicted octanol–water partition coefficient (Wildman–Crippen LogP) is 3.93. The highest BCUT2D eigenvalue weighted by molar-refractivity contribution is 9.10. The van der Waals surface area contributed by atoms with Crippen LogP contribution in [0.25, 0.3) is 0 Å². The van der Waals surface area contributed by atoms with Crippen LogP contribution in [-0.4, -0.2) is 44.7 Å². The van der Waals surface area contributed by atoms with Crippen LogP contribution in [0.2, 0.25) is 5.02 Å². The van der Waals surface area contributed by atoms with Crippen molar-refractivity contribution in [3.63, 3.8) is 0 Å². The van der Waals surface area contributed by atoms with Gasteiger partial charge in [-0.2, -0.15) is 0 Å². The third-order valence-electron chi connectivity index (χ3n) is 5.18. The first-order valence-electron chi connectivity index (χ1n) is 9.50.